The normalized spacial score (nSPS) is 10.5. The van der Waals surface area contributed by atoms with Crippen LogP contribution in [-0.4, -0.2) is 32.9 Å². The number of hydrogen-bond donors (Lipinski definition) is 1. The molecule has 0 atom stereocenters. The summed E-state index contributed by atoms with van der Waals surface area (Å²) in [6.07, 6.45) is 1.47. The summed E-state index contributed by atoms with van der Waals surface area (Å²) in [6.45, 7) is -0.198. The number of nitrogens with one attached hydrogen (secondary N) is 1. The maximum absolute atomic E-state index is 11.7. The van der Waals surface area contributed by atoms with Crippen molar-refractivity contribution in [2.45, 2.75) is 0 Å². The lowest BCUT2D eigenvalue weighted by atomic mass is 10.2. The van der Waals surface area contributed by atoms with Crippen molar-refractivity contribution in [1.29, 1.82) is 0 Å². The van der Waals surface area contributed by atoms with E-state index in [4.69, 9.17) is 25.8 Å². The van der Waals surface area contributed by atoms with Crippen molar-refractivity contribution in [2.75, 3.05) is 20.8 Å². The predicted octanol–water partition coefficient (Wildman–Crippen LogP) is 2.89. The topological polar surface area (TPSA) is 69.2 Å². The van der Waals surface area contributed by atoms with Crippen LogP contribution in [0.15, 0.2) is 47.6 Å². The lowest BCUT2D eigenvalue weighted by Crippen LogP contribution is -2.24. The number of hydrazone groups is 1. The first-order chi connectivity index (χ1) is 11.6. The minimum absolute atomic E-state index is 0.198. The van der Waals surface area contributed by atoms with Gasteiger partial charge in [0.05, 0.1) is 25.5 Å². The van der Waals surface area contributed by atoms with E-state index in [-0.39, 0.29) is 6.61 Å². The van der Waals surface area contributed by atoms with Crippen LogP contribution in [0.4, 0.5) is 0 Å². The lowest BCUT2D eigenvalue weighted by Gasteiger charge is -2.07. The van der Waals surface area contributed by atoms with Crippen LogP contribution in [-0.2, 0) is 4.79 Å². The van der Waals surface area contributed by atoms with Crippen molar-refractivity contribution in [2.24, 2.45) is 5.10 Å². The first kappa shape index (κ1) is 17.6. The van der Waals surface area contributed by atoms with E-state index in [0.717, 1.165) is 0 Å². The van der Waals surface area contributed by atoms with Crippen molar-refractivity contribution < 1.29 is 19.0 Å². The van der Waals surface area contributed by atoms with Crippen molar-refractivity contribution in [3.63, 3.8) is 0 Å². The Morgan fingerprint density at radius 1 is 1.17 bits per heavy atom. The third kappa shape index (κ3) is 4.89. The van der Waals surface area contributed by atoms with Crippen LogP contribution in [0.1, 0.15) is 5.56 Å². The zero-order valence-corrected chi connectivity index (χ0v) is 14.0. The number of carbonyl (C=O) groups is 1. The van der Waals surface area contributed by atoms with Gasteiger partial charge in [0, 0.05) is 5.56 Å². The summed E-state index contributed by atoms with van der Waals surface area (Å²) in [5, 5.41) is 4.33. The van der Waals surface area contributed by atoms with Crippen LogP contribution in [0.5, 0.6) is 17.2 Å². The molecule has 126 valence electrons. The van der Waals surface area contributed by atoms with Crippen molar-refractivity contribution in [3.8, 4) is 17.2 Å². The summed E-state index contributed by atoms with van der Waals surface area (Å²) < 4.78 is 15.7. The molecule has 0 fully saturated rings. The van der Waals surface area contributed by atoms with Gasteiger partial charge in [0.25, 0.3) is 5.91 Å². The number of nitrogens with zero attached hydrogens (tertiary/aromatic N) is 1. The van der Waals surface area contributed by atoms with E-state index in [0.29, 0.717) is 27.8 Å². The number of ether oxygens (including phenoxy) is 3. The van der Waals surface area contributed by atoms with Gasteiger partial charge in [-0.05, 0) is 30.3 Å². The average Bonchev–Trinajstić information content (AvgIpc) is 2.61. The quantitative estimate of drug-likeness (QED) is 0.617. The second-order valence-electron chi connectivity index (χ2n) is 4.62. The Labute approximate surface area is 145 Å². The summed E-state index contributed by atoms with van der Waals surface area (Å²) >= 11 is 5.94. The van der Waals surface area contributed by atoms with Crippen molar-refractivity contribution in [3.05, 3.63) is 53.1 Å². The lowest BCUT2D eigenvalue weighted by molar-refractivity contribution is -0.123. The Morgan fingerprint density at radius 2 is 1.96 bits per heavy atom. The third-order valence-corrected chi connectivity index (χ3v) is 3.34. The van der Waals surface area contributed by atoms with Crippen LogP contribution < -0.4 is 19.6 Å². The summed E-state index contributed by atoms with van der Waals surface area (Å²) in [4.78, 5) is 11.7. The Hall–Kier alpha value is -2.73. The molecule has 2 aromatic carbocycles. The average molecular weight is 349 g/mol. The van der Waals surface area contributed by atoms with Gasteiger partial charge >= 0.3 is 0 Å². The van der Waals surface area contributed by atoms with Gasteiger partial charge in [-0.15, -0.1) is 0 Å². The third-order valence-electron chi connectivity index (χ3n) is 3.03. The highest BCUT2D eigenvalue weighted by molar-refractivity contribution is 6.32. The molecule has 0 unspecified atom stereocenters. The standard InChI is InChI=1S/C17H17ClN2O4/c1-22-13-7-8-15(23-2)12(9-13)10-19-20-17(21)11-24-16-6-4-3-5-14(16)18/h3-10H,11H2,1-2H3,(H,20,21)/b19-10+. The zero-order valence-electron chi connectivity index (χ0n) is 13.3. The molecule has 0 aliphatic carbocycles. The molecular weight excluding hydrogens is 332 g/mol. The Morgan fingerprint density at radius 3 is 2.67 bits per heavy atom. The first-order valence-corrected chi connectivity index (χ1v) is 7.43. The Bertz CT molecular complexity index is 734. The number of amides is 1. The minimum Gasteiger partial charge on any atom is -0.497 e. The number of hydrogen-bond acceptors (Lipinski definition) is 5. The fourth-order valence-corrected chi connectivity index (χ4v) is 2.04. The molecule has 0 aromatic heterocycles. The van der Waals surface area contributed by atoms with E-state index >= 15 is 0 Å². The van der Waals surface area contributed by atoms with Gasteiger partial charge < -0.3 is 14.2 Å². The molecule has 0 heterocycles. The summed E-state index contributed by atoms with van der Waals surface area (Å²) in [6, 6.07) is 12.2. The summed E-state index contributed by atoms with van der Waals surface area (Å²) in [5.74, 6) is 1.30. The van der Waals surface area contributed by atoms with E-state index in [1.54, 1.807) is 56.7 Å². The van der Waals surface area contributed by atoms with Gasteiger partial charge in [-0.25, -0.2) is 5.43 Å². The molecule has 2 aromatic rings. The van der Waals surface area contributed by atoms with Gasteiger partial charge in [0.2, 0.25) is 0 Å². The van der Waals surface area contributed by atoms with E-state index in [1.165, 1.54) is 6.21 Å². The highest BCUT2D eigenvalue weighted by atomic mass is 35.5. The monoisotopic (exact) mass is 348 g/mol. The predicted molar refractivity (Wildman–Crippen MR) is 92.2 cm³/mol. The maximum atomic E-state index is 11.7. The molecule has 2 rings (SSSR count). The zero-order chi connectivity index (χ0) is 17.4. The molecule has 7 heteroatoms. The number of rotatable bonds is 7. The molecule has 6 nitrogen and oxygen atoms in total. The highest BCUT2D eigenvalue weighted by Crippen LogP contribution is 2.23. The van der Waals surface area contributed by atoms with Crippen LogP contribution in [0.2, 0.25) is 5.02 Å². The highest BCUT2D eigenvalue weighted by Gasteiger charge is 2.05. The number of carbonyl (C=O) groups excluding carboxylic acids is 1. The minimum atomic E-state index is -0.409. The number of benzene rings is 2. The smallest absolute Gasteiger partial charge is 0.277 e. The second-order valence-corrected chi connectivity index (χ2v) is 5.03. The molecule has 1 amide bonds. The van der Waals surface area contributed by atoms with Crippen LogP contribution >= 0.6 is 11.6 Å². The second kappa shape index (κ2) is 8.79. The molecule has 0 saturated heterocycles. The number of para-hydroxylation sites is 1. The van der Waals surface area contributed by atoms with E-state index in [2.05, 4.69) is 10.5 Å². The number of methoxy groups -OCH3 is 2. The SMILES string of the molecule is COc1ccc(OC)c(/C=N/NC(=O)COc2ccccc2Cl)c1. The van der Waals surface area contributed by atoms with Crippen LogP contribution in [0.3, 0.4) is 0 Å². The maximum Gasteiger partial charge on any atom is 0.277 e. The van der Waals surface area contributed by atoms with Gasteiger partial charge in [0.1, 0.15) is 17.2 Å². The molecular formula is C17H17ClN2O4. The first-order valence-electron chi connectivity index (χ1n) is 7.05. The molecule has 0 aliphatic rings. The fraction of sp³-hybridized carbons (Fsp3) is 0.176. The van der Waals surface area contributed by atoms with Gasteiger partial charge in [-0.1, -0.05) is 23.7 Å². The van der Waals surface area contributed by atoms with Crippen LogP contribution in [0, 0.1) is 0 Å². The van der Waals surface area contributed by atoms with Gasteiger partial charge in [-0.2, -0.15) is 5.10 Å². The van der Waals surface area contributed by atoms with Crippen molar-refractivity contribution >= 4 is 23.7 Å². The van der Waals surface area contributed by atoms with E-state index in [1.807, 2.05) is 0 Å². The van der Waals surface area contributed by atoms with Gasteiger partial charge in [-0.3, -0.25) is 4.79 Å². The molecule has 0 aliphatic heterocycles. The largest absolute Gasteiger partial charge is 0.497 e. The van der Waals surface area contributed by atoms with Gasteiger partial charge in [0.15, 0.2) is 6.61 Å². The molecule has 24 heavy (non-hydrogen) atoms. The fourth-order valence-electron chi connectivity index (χ4n) is 1.85. The Balaban J connectivity index is 1.91. The molecule has 0 bridgehead atoms. The Kier molecular flexibility index (Phi) is 6.45. The molecule has 0 spiro atoms. The number of halogens is 1. The van der Waals surface area contributed by atoms with E-state index < -0.39 is 5.91 Å². The molecule has 0 radical (unpaired) electrons. The summed E-state index contributed by atoms with van der Waals surface area (Å²) in [7, 11) is 3.12. The molecule has 1 N–H and O–H groups in total. The van der Waals surface area contributed by atoms with Crippen LogP contribution in [0.25, 0.3) is 0 Å². The van der Waals surface area contributed by atoms with Crippen molar-refractivity contribution in [1.82, 2.24) is 5.43 Å². The van der Waals surface area contributed by atoms with E-state index in [9.17, 15) is 4.79 Å². The molecule has 0 saturated carbocycles. The summed E-state index contributed by atoms with van der Waals surface area (Å²) in [5.41, 5.74) is 3.05.